The van der Waals surface area contributed by atoms with Crippen LogP contribution in [0, 0.1) is 0 Å². The molecule has 6 heteroatoms. The van der Waals surface area contributed by atoms with E-state index in [1.54, 1.807) is 22.7 Å². The number of hydrogen-bond donors (Lipinski definition) is 2. The minimum absolute atomic E-state index is 0.0628. The van der Waals surface area contributed by atoms with Gasteiger partial charge in [0.25, 0.3) is 5.91 Å². The molecule has 3 aromatic rings. The third kappa shape index (κ3) is 3.32. The van der Waals surface area contributed by atoms with Crippen LogP contribution in [0.15, 0.2) is 30.3 Å². The molecule has 2 aromatic heterocycles. The van der Waals surface area contributed by atoms with Crippen LogP contribution in [0.4, 0.5) is 0 Å². The summed E-state index contributed by atoms with van der Waals surface area (Å²) in [6.45, 7) is 6.18. The number of rotatable bonds is 5. The Hall–Kier alpha value is -1.47. The Morgan fingerprint density at radius 1 is 1.17 bits per heavy atom. The standard InChI is InChI=1S/C18H21N3OS2/c22-18(20-6-3-9-21-10-7-19-8-11-21)16-12-15-17(24-16)13-4-1-2-5-14(13)23-15/h1-2,4-5,12,19H,3,6-11H2,(H,20,22). The third-order valence-electron chi connectivity index (χ3n) is 4.42. The molecule has 1 aliphatic rings. The number of nitrogens with one attached hydrogen (secondary N) is 2. The second-order valence-corrected chi connectivity index (χ2v) is 8.24. The van der Waals surface area contributed by atoms with Gasteiger partial charge < -0.3 is 15.5 Å². The lowest BCUT2D eigenvalue weighted by molar-refractivity contribution is 0.0955. The van der Waals surface area contributed by atoms with E-state index in [0.717, 1.165) is 50.6 Å². The van der Waals surface area contributed by atoms with Gasteiger partial charge in [0.1, 0.15) is 0 Å². The highest BCUT2D eigenvalue weighted by molar-refractivity contribution is 7.33. The van der Waals surface area contributed by atoms with Crippen LogP contribution in [0.3, 0.4) is 0 Å². The molecule has 0 saturated carbocycles. The summed E-state index contributed by atoms with van der Waals surface area (Å²) in [5.41, 5.74) is 0. The van der Waals surface area contributed by atoms with Gasteiger partial charge in [-0.05, 0) is 25.1 Å². The lowest BCUT2D eigenvalue weighted by Crippen LogP contribution is -2.44. The van der Waals surface area contributed by atoms with Crippen molar-refractivity contribution in [3.05, 3.63) is 35.2 Å². The average Bonchev–Trinajstić information content (AvgIpc) is 3.17. The molecule has 0 atom stereocenters. The van der Waals surface area contributed by atoms with Gasteiger partial charge in [-0.2, -0.15) is 0 Å². The van der Waals surface area contributed by atoms with Crippen LogP contribution in [0.1, 0.15) is 16.1 Å². The largest absolute Gasteiger partial charge is 0.351 e. The van der Waals surface area contributed by atoms with Gasteiger partial charge in [0.05, 0.1) is 9.58 Å². The lowest BCUT2D eigenvalue weighted by Gasteiger charge is -2.27. The number of fused-ring (bicyclic) bond motifs is 3. The molecular formula is C18H21N3OS2. The highest BCUT2D eigenvalue weighted by atomic mass is 32.1. The van der Waals surface area contributed by atoms with Gasteiger partial charge in [-0.3, -0.25) is 4.79 Å². The van der Waals surface area contributed by atoms with E-state index in [-0.39, 0.29) is 5.91 Å². The first-order valence-corrected chi connectivity index (χ1v) is 10.1. The predicted octanol–water partition coefficient (Wildman–Crippen LogP) is 3.14. The van der Waals surface area contributed by atoms with Crippen molar-refractivity contribution < 1.29 is 4.79 Å². The van der Waals surface area contributed by atoms with Crippen LogP contribution in [0.2, 0.25) is 0 Å². The molecule has 24 heavy (non-hydrogen) atoms. The van der Waals surface area contributed by atoms with E-state index in [4.69, 9.17) is 0 Å². The van der Waals surface area contributed by atoms with Crippen molar-refractivity contribution in [1.29, 1.82) is 0 Å². The van der Waals surface area contributed by atoms with Gasteiger partial charge in [0.15, 0.2) is 0 Å². The van der Waals surface area contributed by atoms with Crippen LogP contribution < -0.4 is 10.6 Å². The number of carbonyl (C=O) groups excluding carboxylic acids is 1. The van der Waals surface area contributed by atoms with Gasteiger partial charge in [-0.1, -0.05) is 18.2 Å². The fourth-order valence-electron chi connectivity index (χ4n) is 3.14. The van der Waals surface area contributed by atoms with E-state index >= 15 is 0 Å². The minimum Gasteiger partial charge on any atom is -0.351 e. The average molecular weight is 360 g/mol. The molecule has 1 aromatic carbocycles. The van der Waals surface area contributed by atoms with Crippen LogP contribution in [0.25, 0.3) is 19.5 Å². The zero-order valence-electron chi connectivity index (χ0n) is 13.5. The van der Waals surface area contributed by atoms with Crippen molar-refractivity contribution in [1.82, 2.24) is 15.5 Å². The number of amides is 1. The summed E-state index contributed by atoms with van der Waals surface area (Å²) in [5, 5.41) is 7.69. The second-order valence-electron chi connectivity index (χ2n) is 6.10. The summed E-state index contributed by atoms with van der Waals surface area (Å²) in [6.07, 6.45) is 1.01. The number of thiophene rings is 2. The summed E-state index contributed by atoms with van der Waals surface area (Å²) >= 11 is 3.37. The zero-order valence-corrected chi connectivity index (χ0v) is 15.1. The maximum absolute atomic E-state index is 12.4. The summed E-state index contributed by atoms with van der Waals surface area (Å²) in [6, 6.07) is 10.4. The molecule has 0 radical (unpaired) electrons. The summed E-state index contributed by atoms with van der Waals surface area (Å²) in [7, 11) is 0. The van der Waals surface area contributed by atoms with E-state index in [9.17, 15) is 4.79 Å². The number of hydrogen-bond acceptors (Lipinski definition) is 5. The highest BCUT2D eigenvalue weighted by Gasteiger charge is 2.14. The van der Waals surface area contributed by atoms with Crippen molar-refractivity contribution in [2.75, 3.05) is 39.3 Å². The molecule has 1 fully saturated rings. The fourth-order valence-corrected chi connectivity index (χ4v) is 5.58. The first-order valence-electron chi connectivity index (χ1n) is 8.43. The van der Waals surface area contributed by atoms with Crippen LogP contribution >= 0.6 is 22.7 Å². The third-order valence-corrected chi connectivity index (χ3v) is 6.83. The van der Waals surface area contributed by atoms with Crippen LogP contribution in [-0.4, -0.2) is 50.1 Å². The zero-order chi connectivity index (χ0) is 16.4. The van der Waals surface area contributed by atoms with Crippen molar-refractivity contribution in [2.24, 2.45) is 0 Å². The molecule has 0 spiro atoms. The summed E-state index contributed by atoms with van der Waals surface area (Å²) < 4.78 is 3.75. The van der Waals surface area contributed by atoms with E-state index in [1.165, 1.54) is 19.5 Å². The Labute approximate surface area is 149 Å². The summed E-state index contributed by atoms with van der Waals surface area (Å²) in [4.78, 5) is 15.7. The highest BCUT2D eigenvalue weighted by Crippen LogP contribution is 2.39. The monoisotopic (exact) mass is 359 g/mol. The van der Waals surface area contributed by atoms with Gasteiger partial charge >= 0.3 is 0 Å². The SMILES string of the molecule is O=C(NCCCN1CCNCC1)c1cc2sc3ccccc3c2s1. The molecule has 2 N–H and O–H groups in total. The molecule has 4 rings (SSSR count). The van der Waals surface area contributed by atoms with E-state index in [0.29, 0.717) is 0 Å². The normalized spacial score (nSPS) is 16.0. The predicted molar refractivity (Wildman–Crippen MR) is 103 cm³/mol. The number of nitrogens with zero attached hydrogens (tertiary/aromatic N) is 1. The topological polar surface area (TPSA) is 44.4 Å². The Kier molecular flexibility index (Phi) is 4.80. The number of piperazine rings is 1. The van der Waals surface area contributed by atoms with Crippen molar-refractivity contribution in [3.8, 4) is 0 Å². The maximum atomic E-state index is 12.4. The van der Waals surface area contributed by atoms with E-state index in [1.807, 2.05) is 6.07 Å². The smallest absolute Gasteiger partial charge is 0.261 e. The molecule has 1 aliphatic heterocycles. The Bertz CT molecular complexity index is 848. The Balaban J connectivity index is 1.35. The van der Waals surface area contributed by atoms with Gasteiger partial charge in [0.2, 0.25) is 0 Å². The molecule has 0 unspecified atom stereocenters. The molecule has 4 nitrogen and oxygen atoms in total. The van der Waals surface area contributed by atoms with Gasteiger partial charge in [-0.15, -0.1) is 22.7 Å². The van der Waals surface area contributed by atoms with Gasteiger partial charge in [0, 0.05) is 47.5 Å². The van der Waals surface area contributed by atoms with Crippen molar-refractivity contribution in [3.63, 3.8) is 0 Å². The first kappa shape index (κ1) is 16.0. The minimum atomic E-state index is 0.0628. The Morgan fingerprint density at radius 2 is 2.00 bits per heavy atom. The molecule has 126 valence electrons. The Morgan fingerprint density at radius 3 is 2.88 bits per heavy atom. The number of benzene rings is 1. The van der Waals surface area contributed by atoms with E-state index in [2.05, 4.69) is 39.8 Å². The van der Waals surface area contributed by atoms with E-state index < -0.39 is 0 Å². The molecule has 1 saturated heterocycles. The fraction of sp³-hybridized carbons (Fsp3) is 0.389. The van der Waals surface area contributed by atoms with Crippen molar-refractivity contribution in [2.45, 2.75) is 6.42 Å². The van der Waals surface area contributed by atoms with Crippen LogP contribution in [0.5, 0.6) is 0 Å². The van der Waals surface area contributed by atoms with Crippen LogP contribution in [-0.2, 0) is 0 Å². The lowest BCUT2D eigenvalue weighted by atomic mass is 10.2. The quantitative estimate of drug-likeness (QED) is 0.688. The maximum Gasteiger partial charge on any atom is 0.261 e. The number of carbonyl (C=O) groups is 1. The first-order chi connectivity index (χ1) is 11.8. The molecule has 1 amide bonds. The van der Waals surface area contributed by atoms with Gasteiger partial charge in [-0.25, -0.2) is 0 Å². The van der Waals surface area contributed by atoms with Crippen molar-refractivity contribution >= 4 is 48.1 Å². The second kappa shape index (κ2) is 7.19. The molecule has 3 heterocycles. The molecule has 0 bridgehead atoms. The molecule has 0 aliphatic carbocycles. The molecular weight excluding hydrogens is 338 g/mol. The summed E-state index contributed by atoms with van der Waals surface area (Å²) in [5.74, 6) is 0.0628.